The van der Waals surface area contributed by atoms with Gasteiger partial charge in [0, 0.05) is 16.9 Å². The monoisotopic (exact) mass is 387 g/mol. The maximum Gasteiger partial charge on any atom is 0.319 e. The zero-order valence-corrected chi connectivity index (χ0v) is 16.1. The van der Waals surface area contributed by atoms with Crippen LogP contribution in [0, 0.1) is 6.92 Å². The van der Waals surface area contributed by atoms with Crippen LogP contribution in [0.3, 0.4) is 0 Å². The number of hydrogen-bond acceptors (Lipinski definition) is 3. The summed E-state index contributed by atoms with van der Waals surface area (Å²) in [7, 11) is 0. The number of benzene rings is 3. The van der Waals surface area contributed by atoms with Gasteiger partial charge in [-0.05, 0) is 48.4 Å². The molecule has 146 valence electrons. The Morgan fingerprint density at radius 3 is 2.62 bits per heavy atom. The maximum absolute atomic E-state index is 13.2. The fourth-order valence-corrected chi connectivity index (χ4v) is 3.72. The van der Waals surface area contributed by atoms with Gasteiger partial charge in [0.2, 0.25) is 0 Å². The van der Waals surface area contributed by atoms with E-state index in [1.807, 2.05) is 49.4 Å². The van der Waals surface area contributed by atoms with Crippen molar-refractivity contribution in [1.82, 2.24) is 10.6 Å². The van der Waals surface area contributed by atoms with Crippen molar-refractivity contribution in [1.29, 1.82) is 0 Å². The van der Waals surface area contributed by atoms with Crippen LogP contribution in [-0.4, -0.2) is 17.0 Å². The molecule has 0 fully saturated rings. The van der Waals surface area contributed by atoms with Gasteiger partial charge in [-0.3, -0.25) is 4.79 Å². The van der Waals surface area contributed by atoms with E-state index in [4.69, 9.17) is 0 Å². The minimum absolute atomic E-state index is 0.0181. The van der Waals surface area contributed by atoms with Crippen LogP contribution in [0.25, 0.3) is 10.8 Å². The largest absolute Gasteiger partial charge is 0.508 e. The first-order chi connectivity index (χ1) is 13.9. The lowest BCUT2D eigenvalue weighted by Gasteiger charge is -2.30. The number of fused-ring (bicyclic) bond motifs is 1. The van der Waals surface area contributed by atoms with E-state index in [0.717, 1.165) is 16.3 Å². The number of allylic oxidation sites excluding steroid dienone is 1. The highest BCUT2D eigenvalue weighted by Crippen LogP contribution is 2.38. The zero-order valence-electron chi connectivity index (χ0n) is 16.1. The molecule has 3 aromatic carbocycles. The summed E-state index contributed by atoms with van der Waals surface area (Å²) in [4.78, 5) is 25.4. The van der Waals surface area contributed by atoms with Crippen molar-refractivity contribution in [2.75, 3.05) is 5.32 Å². The summed E-state index contributed by atoms with van der Waals surface area (Å²) in [5, 5.41) is 20.7. The summed E-state index contributed by atoms with van der Waals surface area (Å²) in [5.41, 5.74) is 2.96. The van der Waals surface area contributed by atoms with Gasteiger partial charge < -0.3 is 21.1 Å². The third kappa shape index (κ3) is 3.52. The Morgan fingerprint density at radius 1 is 1.03 bits per heavy atom. The van der Waals surface area contributed by atoms with Crippen LogP contribution in [0.15, 0.2) is 71.9 Å². The van der Waals surface area contributed by atoms with E-state index in [-0.39, 0.29) is 11.7 Å². The molecular formula is C23H21N3O3. The van der Waals surface area contributed by atoms with E-state index in [0.29, 0.717) is 22.5 Å². The molecule has 3 amide bonds. The molecule has 1 unspecified atom stereocenters. The van der Waals surface area contributed by atoms with Gasteiger partial charge in [0.05, 0.1) is 11.6 Å². The Labute approximate surface area is 168 Å². The van der Waals surface area contributed by atoms with Crippen LogP contribution >= 0.6 is 0 Å². The minimum Gasteiger partial charge on any atom is -0.508 e. The number of carbonyl (C=O) groups excluding carboxylic acids is 2. The Hall–Kier alpha value is -3.80. The molecule has 0 saturated heterocycles. The average molecular weight is 387 g/mol. The lowest BCUT2D eigenvalue weighted by molar-refractivity contribution is -0.113. The topological polar surface area (TPSA) is 90.5 Å². The van der Waals surface area contributed by atoms with E-state index in [2.05, 4.69) is 16.0 Å². The molecule has 0 saturated carbocycles. The number of carbonyl (C=O) groups is 2. The zero-order chi connectivity index (χ0) is 20.5. The molecule has 4 N–H and O–H groups in total. The van der Waals surface area contributed by atoms with Crippen molar-refractivity contribution >= 4 is 28.4 Å². The predicted octanol–water partition coefficient (Wildman–Crippen LogP) is 4.12. The van der Waals surface area contributed by atoms with Crippen LogP contribution in [0.2, 0.25) is 0 Å². The summed E-state index contributed by atoms with van der Waals surface area (Å²) in [5.74, 6) is -0.331. The van der Waals surface area contributed by atoms with Crippen LogP contribution in [0.1, 0.15) is 24.1 Å². The second-order valence-corrected chi connectivity index (χ2v) is 7.11. The second kappa shape index (κ2) is 7.31. The maximum atomic E-state index is 13.2. The third-order valence-corrected chi connectivity index (χ3v) is 5.03. The van der Waals surface area contributed by atoms with Gasteiger partial charge in [0.1, 0.15) is 5.75 Å². The number of aromatic hydroxyl groups is 1. The molecule has 6 nitrogen and oxygen atoms in total. The molecule has 3 aromatic rings. The van der Waals surface area contributed by atoms with E-state index in [1.165, 1.54) is 0 Å². The third-order valence-electron chi connectivity index (χ3n) is 5.03. The molecule has 0 bridgehead atoms. The van der Waals surface area contributed by atoms with E-state index in [1.54, 1.807) is 25.1 Å². The summed E-state index contributed by atoms with van der Waals surface area (Å²) in [6.45, 7) is 3.62. The fraction of sp³-hybridized carbons (Fsp3) is 0.130. The Balaban J connectivity index is 1.82. The van der Waals surface area contributed by atoms with Crippen LogP contribution in [0.5, 0.6) is 5.75 Å². The van der Waals surface area contributed by atoms with Gasteiger partial charge in [-0.1, -0.05) is 42.5 Å². The highest BCUT2D eigenvalue weighted by atomic mass is 16.3. The normalized spacial score (nSPS) is 16.3. The van der Waals surface area contributed by atoms with Gasteiger partial charge in [-0.15, -0.1) is 0 Å². The number of aryl methyl sites for hydroxylation is 1. The quantitative estimate of drug-likeness (QED) is 0.545. The van der Waals surface area contributed by atoms with Gasteiger partial charge in [-0.2, -0.15) is 0 Å². The van der Waals surface area contributed by atoms with Gasteiger partial charge >= 0.3 is 6.03 Å². The standard InChI is InChI=1S/C23H21N3O3/c1-13-6-5-8-16(12-13)25-22(28)19-14(2)24-23(29)26-21(19)20-17-9-4-3-7-15(17)10-11-18(20)27/h3-12,21,27H,1-2H3,(H,25,28)(H2,24,26,29). The Bertz CT molecular complexity index is 1170. The molecule has 0 radical (unpaired) electrons. The molecular weight excluding hydrogens is 366 g/mol. The molecule has 4 rings (SSSR count). The molecule has 29 heavy (non-hydrogen) atoms. The average Bonchev–Trinajstić information content (AvgIpc) is 2.67. The fourth-order valence-electron chi connectivity index (χ4n) is 3.72. The highest BCUT2D eigenvalue weighted by Gasteiger charge is 2.33. The number of amides is 3. The van der Waals surface area contributed by atoms with E-state index >= 15 is 0 Å². The molecule has 0 aliphatic carbocycles. The van der Waals surface area contributed by atoms with Gasteiger partial charge in [0.15, 0.2) is 0 Å². The smallest absolute Gasteiger partial charge is 0.319 e. The lowest BCUT2D eigenvalue weighted by Crippen LogP contribution is -2.46. The number of hydrogen-bond donors (Lipinski definition) is 4. The highest BCUT2D eigenvalue weighted by molar-refractivity contribution is 6.07. The summed E-state index contributed by atoms with van der Waals surface area (Å²) in [6, 6.07) is 17.2. The minimum atomic E-state index is -0.792. The number of urea groups is 1. The van der Waals surface area contributed by atoms with Crippen LogP contribution in [0.4, 0.5) is 10.5 Å². The lowest BCUT2D eigenvalue weighted by atomic mass is 9.90. The summed E-state index contributed by atoms with van der Waals surface area (Å²) in [6.07, 6.45) is 0. The van der Waals surface area contributed by atoms with Crippen molar-refractivity contribution in [3.8, 4) is 5.75 Å². The summed E-state index contributed by atoms with van der Waals surface area (Å²) < 4.78 is 0. The van der Waals surface area contributed by atoms with Crippen molar-refractivity contribution < 1.29 is 14.7 Å². The van der Waals surface area contributed by atoms with Crippen molar-refractivity contribution in [2.45, 2.75) is 19.9 Å². The molecule has 0 spiro atoms. The first-order valence-electron chi connectivity index (χ1n) is 9.31. The number of phenolic OH excluding ortho intramolecular Hbond substituents is 1. The molecule has 6 heteroatoms. The second-order valence-electron chi connectivity index (χ2n) is 7.11. The molecule has 1 atom stereocenters. The van der Waals surface area contributed by atoms with Crippen molar-refractivity contribution in [3.05, 3.63) is 83.1 Å². The number of phenols is 1. The Kier molecular flexibility index (Phi) is 4.68. The predicted molar refractivity (Wildman–Crippen MR) is 113 cm³/mol. The van der Waals surface area contributed by atoms with Crippen molar-refractivity contribution in [2.24, 2.45) is 0 Å². The molecule has 1 aliphatic heterocycles. The van der Waals surface area contributed by atoms with Crippen LogP contribution in [-0.2, 0) is 4.79 Å². The molecule has 1 heterocycles. The first-order valence-corrected chi connectivity index (χ1v) is 9.31. The van der Waals surface area contributed by atoms with Gasteiger partial charge in [0.25, 0.3) is 5.91 Å². The number of anilines is 1. The number of rotatable bonds is 3. The molecule has 1 aliphatic rings. The van der Waals surface area contributed by atoms with E-state index in [9.17, 15) is 14.7 Å². The first kappa shape index (κ1) is 18.6. The Morgan fingerprint density at radius 2 is 1.83 bits per heavy atom. The number of nitrogens with one attached hydrogen (secondary N) is 3. The van der Waals surface area contributed by atoms with Crippen LogP contribution < -0.4 is 16.0 Å². The van der Waals surface area contributed by atoms with Crippen molar-refractivity contribution in [3.63, 3.8) is 0 Å². The van der Waals surface area contributed by atoms with E-state index < -0.39 is 12.1 Å². The van der Waals surface area contributed by atoms with Gasteiger partial charge in [-0.25, -0.2) is 4.79 Å². The SMILES string of the molecule is CC1=C(C(=O)Nc2cccc(C)c2)C(c2c(O)ccc3ccccc23)NC(=O)N1. The molecule has 0 aromatic heterocycles. The summed E-state index contributed by atoms with van der Waals surface area (Å²) >= 11 is 0.